The third-order valence-corrected chi connectivity index (χ3v) is 7.04. The van der Waals surface area contributed by atoms with Gasteiger partial charge in [0.15, 0.2) is 15.9 Å². The van der Waals surface area contributed by atoms with Crippen LogP contribution in [0.2, 0.25) is 5.02 Å². The molecule has 0 spiro atoms. The van der Waals surface area contributed by atoms with Gasteiger partial charge in [-0.05, 0) is 49.7 Å². The lowest BCUT2D eigenvalue weighted by atomic mass is 10.2. The van der Waals surface area contributed by atoms with Gasteiger partial charge in [0.05, 0.1) is 16.9 Å². The first-order valence-corrected chi connectivity index (χ1v) is 12.1. The van der Waals surface area contributed by atoms with E-state index in [9.17, 15) is 18.0 Å². The standard InChI is InChI=1S/C22H20ClNO7S/c1-13(22(26)24-15-8-9-32(27,28)12-15)30-17-6-7-18-19(10-17)29-11-20(21(18)25)31-16-4-2-14(23)3-5-16/h2-7,10-11,13,15H,8-9,12H2,1H3,(H,24,26)/t13-,15-/m0/s1. The highest BCUT2D eigenvalue weighted by molar-refractivity contribution is 7.91. The molecule has 1 aliphatic rings. The highest BCUT2D eigenvalue weighted by Gasteiger charge is 2.30. The quantitative estimate of drug-likeness (QED) is 0.579. The Morgan fingerprint density at radius 3 is 2.59 bits per heavy atom. The third kappa shape index (κ3) is 5.05. The predicted octanol–water partition coefficient (Wildman–Crippen LogP) is 3.31. The van der Waals surface area contributed by atoms with Crippen molar-refractivity contribution in [2.24, 2.45) is 0 Å². The summed E-state index contributed by atoms with van der Waals surface area (Å²) in [6, 6.07) is 10.7. The summed E-state index contributed by atoms with van der Waals surface area (Å²) < 4.78 is 39.9. The van der Waals surface area contributed by atoms with Crippen molar-refractivity contribution in [1.82, 2.24) is 5.32 Å². The van der Waals surface area contributed by atoms with Crippen molar-refractivity contribution in [3.63, 3.8) is 0 Å². The fraction of sp³-hybridized carbons (Fsp3) is 0.273. The lowest BCUT2D eigenvalue weighted by molar-refractivity contribution is -0.127. The van der Waals surface area contributed by atoms with E-state index in [1.165, 1.54) is 18.4 Å². The van der Waals surface area contributed by atoms with Gasteiger partial charge < -0.3 is 19.2 Å². The van der Waals surface area contributed by atoms with Crippen LogP contribution in [0, 0.1) is 0 Å². The van der Waals surface area contributed by atoms with E-state index >= 15 is 0 Å². The molecule has 32 heavy (non-hydrogen) atoms. The second-order valence-electron chi connectivity index (χ2n) is 7.51. The number of rotatable bonds is 6. The van der Waals surface area contributed by atoms with E-state index in [-0.39, 0.29) is 33.7 Å². The van der Waals surface area contributed by atoms with Gasteiger partial charge in [-0.25, -0.2) is 8.42 Å². The van der Waals surface area contributed by atoms with Crippen LogP contribution in [0.4, 0.5) is 0 Å². The normalized spacial score (nSPS) is 18.2. The number of carbonyl (C=O) groups is 1. The highest BCUT2D eigenvalue weighted by atomic mass is 35.5. The topological polar surface area (TPSA) is 112 Å². The van der Waals surface area contributed by atoms with E-state index < -0.39 is 27.9 Å². The summed E-state index contributed by atoms with van der Waals surface area (Å²) in [5, 5.41) is 3.53. The molecule has 1 fully saturated rings. The van der Waals surface area contributed by atoms with Crippen LogP contribution in [0.3, 0.4) is 0 Å². The lowest BCUT2D eigenvalue weighted by Crippen LogP contribution is -2.43. The monoisotopic (exact) mass is 477 g/mol. The molecule has 2 heterocycles. The molecule has 3 aromatic rings. The number of sulfone groups is 1. The van der Waals surface area contributed by atoms with Crippen LogP contribution < -0.4 is 20.2 Å². The molecule has 4 rings (SSSR count). The first-order valence-electron chi connectivity index (χ1n) is 9.87. The zero-order valence-electron chi connectivity index (χ0n) is 17.0. The van der Waals surface area contributed by atoms with E-state index in [0.717, 1.165) is 0 Å². The van der Waals surface area contributed by atoms with Crippen LogP contribution in [-0.4, -0.2) is 38.0 Å². The second kappa shape index (κ2) is 8.84. The Labute approximate surface area is 189 Å². The molecule has 10 heteroatoms. The van der Waals surface area contributed by atoms with Crippen LogP contribution in [0.1, 0.15) is 13.3 Å². The molecule has 1 N–H and O–H groups in total. The van der Waals surface area contributed by atoms with Gasteiger partial charge >= 0.3 is 0 Å². The van der Waals surface area contributed by atoms with Crippen LogP contribution in [0.5, 0.6) is 17.2 Å². The van der Waals surface area contributed by atoms with Crippen molar-refractivity contribution >= 4 is 38.3 Å². The number of fused-ring (bicyclic) bond motifs is 1. The van der Waals surface area contributed by atoms with Crippen molar-refractivity contribution in [2.75, 3.05) is 11.5 Å². The SMILES string of the molecule is C[C@H](Oc1ccc2c(=O)c(Oc3ccc(Cl)cc3)coc2c1)C(=O)N[C@H]1CCS(=O)(=O)C1. The summed E-state index contributed by atoms with van der Waals surface area (Å²) in [6.45, 7) is 1.56. The molecule has 1 amide bonds. The molecule has 0 aliphatic carbocycles. The second-order valence-corrected chi connectivity index (χ2v) is 10.2. The van der Waals surface area contributed by atoms with Gasteiger partial charge in [-0.2, -0.15) is 0 Å². The van der Waals surface area contributed by atoms with Crippen LogP contribution in [-0.2, 0) is 14.6 Å². The van der Waals surface area contributed by atoms with Crippen molar-refractivity contribution < 1.29 is 27.1 Å². The zero-order valence-corrected chi connectivity index (χ0v) is 18.6. The number of halogens is 1. The maximum atomic E-state index is 12.7. The molecule has 1 aromatic heterocycles. The van der Waals surface area contributed by atoms with E-state index in [1.807, 2.05) is 0 Å². The summed E-state index contributed by atoms with van der Waals surface area (Å²) >= 11 is 5.85. The van der Waals surface area contributed by atoms with Crippen LogP contribution >= 0.6 is 11.6 Å². The van der Waals surface area contributed by atoms with E-state index in [2.05, 4.69) is 5.32 Å². The van der Waals surface area contributed by atoms with Crippen LogP contribution in [0.25, 0.3) is 11.0 Å². The molecule has 0 unspecified atom stereocenters. The Kier molecular flexibility index (Phi) is 6.12. The lowest BCUT2D eigenvalue weighted by Gasteiger charge is -2.17. The summed E-state index contributed by atoms with van der Waals surface area (Å²) in [5.74, 6) is 0.380. The Bertz CT molecular complexity index is 1320. The van der Waals surface area contributed by atoms with Crippen LogP contribution in [0.15, 0.2) is 57.9 Å². The average Bonchev–Trinajstić information content (AvgIpc) is 3.09. The molecule has 168 valence electrons. The maximum absolute atomic E-state index is 12.7. The van der Waals surface area contributed by atoms with Gasteiger partial charge in [-0.1, -0.05) is 11.6 Å². The minimum atomic E-state index is -3.09. The molecule has 1 saturated heterocycles. The number of benzene rings is 2. The van der Waals surface area contributed by atoms with Gasteiger partial charge in [-0.15, -0.1) is 0 Å². The molecule has 0 bridgehead atoms. The fourth-order valence-corrected chi connectivity index (χ4v) is 5.15. The predicted molar refractivity (Wildman–Crippen MR) is 119 cm³/mol. The van der Waals surface area contributed by atoms with Crippen molar-refractivity contribution in [2.45, 2.75) is 25.5 Å². The van der Waals surface area contributed by atoms with Crippen molar-refractivity contribution in [3.8, 4) is 17.2 Å². The molecule has 0 saturated carbocycles. The number of hydrogen-bond acceptors (Lipinski definition) is 7. The molecule has 8 nitrogen and oxygen atoms in total. The largest absolute Gasteiger partial charge is 0.481 e. The van der Waals surface area contributed by atoms with E-state index in [4.69, 9.17) is 25.5 Å². The van der Waals surface area contributed by atoms with Gasteiger partial charge in [0.25, 0.3) is 5.91 Å². The summed E-state index contributed by atoms with van der Waals surface area (Å²) in [5.41, 5.74) is -0.0913. The van der Waals surface area contributed by atoms with Crippen molar-refractivity contribution in [1.29, 1.82) is 0 Å². The Balaban J connectivity index is 1.45. The number of carbonyl (C=O) groups excluding carboxylic acids is 1. The first-order chi connectivity index (χ1) is 15.2. The molecule has 2 atom stereocenters. The van der Waals surface area contributed by atoms with Gasteiger partial charge in [0.2, 0.25) is 11.2 Å². The Morgan fingerprint density at radius 2 is 1.91 bits per heavy atom. The molecular formula is C22H20ClNO7S. The molecular weight excluding hydrogens is 458 g/mol. The van der Waals surface area contributed by atoms with Gasteiger partial charge in [0.1, 0.15) is 23.3 Å². The third-order valence-electron chi connectivity index (χ3n) is 5.02. The minimum absolute atomic E-state index is 0.0211. The molecule has 0 radical (unpaired) electrons. The van der Waals surface area contributed by atoms with E-state index in [0.29, 0.717) is 22.9 Å². The van der Waals surface area contributed by atoms with Crippen molar-refractivity contribution in [3.05, 3.63) is 64.0 Å². The average molecular weight is 478 g/mol. The molecule has 2 aromatic carbocycles. The number of hydrogen-bond donors (Lipinski definition) is 1. The van der Waals surface area contributed by atoms with Gasteiger partial charge in [0, 0.05) is 17.1 Å². The smallest absolute Gasteiger partial charge is 0.261 e. The van der Waals surface area contributed by atoms with E-state index in [1.54, 1.807) is 37.3 Å². The highest BCUT2D eigenvalue weighted by Crippen LogP contribution is 2.25. The Hall–Kier alpha value is -3.04. The Morgan fingerprint density at radius 1 is 1.19 bits per heavy atom. The first kappa shape index (κ1) is 22.2. The summed E-state index contributed by atoms with van der Waals surface area (Å²) in [7, 11) is -3.09. The fourth-order valence-electron chi connectivity index (χ4n) is 3.35. The van der Waals surface area contributed by atoms with Gasteiger partial charge in [-0.3, -0.25) is 9.59 Å². The minimum Gasteiger partial charge on any atom is -0.481 e. The number of ether oxygens (including phenoxy) is 2. The number of nitrogens with one attached hydrogen (secondary N) is 1. The zero-order chi connectivity index (χ0) is 22.9. The maximum Gasteiger partial charge on any atom is 0.261 e. The summed E-state index contributed by atoms with van der Waals surface area (Å²) in [6.07, 6.45) is 0.734. The molecule has 1 aliphatic heterocycles. The number of amides is 1. The summed E-state index contributed by atoms with van der Waals surface area (Å²) in [4.78, 5) is 25.1.